The Bertz CT molecular complexity index is 561. The van der Waals surface area contributed by atoms with Crippen molar-refractivity contribution in [1.29, 1.82) is 0 Å². The molecule has 0 bridgehead atoms. The lowest BCUT2D eigenvalue weighted by atomic mass is 10.1. The van der Waals surface area contributed by atoms with E-state index < -0.39 is 0 Å². The zero-order valence-corrected chi connectivity index (χ0v) is 9.38. The molecule has 0 amide bonds. The van der Waals surface area contributed by atoms with Crippen LogP contribution in [-0.2, 0) is 6.54 Å². The molecule has 0 aliphatic carbocycles. The third-order valence-electron chi connectivity index (χ3n) is 2.86. The van der Waals surface area contributed by atoms with Crippen molar-refractivity contribution in [1.82, 2.24) is 5.01 Å². The smallest absolute Gasteiger partial charge is 0.150 e. The highest BCUT2D eigenvalue weighted by Crippen LogP contribution is 2.25. The number of fused-ring (bicyclic) bond motifs is 1. The van der Waals surface area contributed by atoms with Gasteiger partial charge in [-0.05, 0) is 11.6 Å². The third kappa shape index (κ3) is 1.81. The molecule has 2 aromatic rings. The molecule has 0 unspecified atom stereocenters. The second-order valence-electron chi connectivity index (χ2n) is 4.06. The van der Waals surface area contributed by atoms with Crippen molar-refractivity contribution in [2.75, 3.05) is 0 Å². The number of hydrogen-bond acceptors (Lipinski definition) is 3. The van der Waals surface area contributed by atoms with Crippen LogP contribution in [0.5, 0.6) is 0 Å². The first-order chi connectivity index (χ1) is 8.34. The molecule has 3 nitrogen and oxygen atoms in total. The molecule has 2 aromatic carbocycles. The molecule has 0 saturated carbocycles. The number of hydrazine groups is 1. The molecule has 3 rings (SSSR count). The van der Waals surface area contributed by atoms with Gasteiger partial charge in [-0.2, -0.15) is 0 Å². The van der Waals surface area contributed by atoms with Crippen LogP contribution in [-0.4, -0.2) is 10.8 Å². The van der Waals surface area contributed by atoms with Crippen LogP contribution in [0.4, 0.5) is 5.69 Å². The maximum Gasteiger partial charge on any atom is 0.150 e. The molecule has 84 valence electrons. The fraction of sp³-hybridized carbons (Fsp3) is 0.0714. The van der Waals surface area contributed by atoms with Crippen LogP contribution >= 0.6 is 0 Å². The zero-order valence-electron chi connectivity index (χ0n) is 9.38. The van der Waals surface area contributed by atoms with Crippen molar-refractivity contribution in [3.05, 3.63) is 65.7 Å². The standard InChI is InChI=1S/C14H13N3/c15-17-10-12-8-4-5-9-13(12)16-14(17)11-6-2-1-3-7-11/h1-9H,10,15H2. The highest BCUT2D eigenvalue weighted by atomic mass is 15.4. The Labute approximate surface area is 100 Å². The number of aliphatic imine (C=N–C) groups is 1. The van der Waals surface area contributed by atoms with Gasteiger partial charge in [0.25, 0.3) is 0 Å². The van der Waals surface area contributed by atoms with Crippen molar-refractivity contribution in [2.45, 2.75) is 6.54 Å². The van der Waals surface area contributed by atoms with Gasteiger partial charge in [0.05, 0.1) is 12.2 Å². The highest BCUT2D eigenvalue weighted by Gasteiger charge is 2.17. The summed E-state index contributed by atoms with van der Waals surface area (Å²) >= 11 is 0. The first kappa shape index (κ1) is 10.1. The van der Waals surface area contributed by atoms with Gasteiger partial charge >= 0.3 is 0 Å². The minimum absolute atomic E-state index is 0.698. The molecule has 17 heavy (non-hydrogen) atoms. The van der Waals surface area contributed by atoms with Gasteiger partial charge in [-0.15, -0.1) is 0 Å². The van der Waals surface area contributed by atoms with Gasteiger partial charge in [0.2, 0.25) is 0 Å². The van der Waals surface area contributed by atoms with E-state index in [-0.39, 0.29) is 0 Å². The van der Waals surface area contributed by atoms with Crippen LogP contribution in [0.25, 0.3) is 0 Å². The normalized spacial score (nSPS) is 14.2. The fourth-order valence-electron chi connectivity index (χ4n) is 2.01. The summed E-state index contributed by atoms with van der Waals surface area (Å²) in [5.74, 6) is 6.85. The van der Waals surface area contributed by atoms with E-state index in [1.807, 2.05) is 48.5 Å². The summed E-state index contributed by atoms with van der Waals surface area (Å²) in [7, 11) is 0. The van der Waals surface area contributed by atoms with Crippen molar-refractivity contribution in [3.8, 4) is 0 Å². The Balaban J connectivity index is 2.10. The summed E-state index contributed by atoms with van der Waals surface area (Å²) in [6.45, 7) is 0.698. The molecule has 1 aliphatic rings. The van der Waals surface area contributed by atoms with Gasteiger partial charge in [0.15, 0.2) is 5.84 Å². The fourth-order valence-corrected chi connectivity index (χ4v) is 2.01. The third-order valence-corrected chi connectivity index (χ3v) is 2.86. The summed E-state index contributed by atoms with van der Waals surface area (Å²) in [4.78, 5) is 4.61. The molecule has 0 aromatic heterocycles. The largest absolute Gasteiger partial charge is 0.290 e. The first-order valence-corrected chi connectivity index (χ1v) is 5.59. The number of hydrogen-bond donors (Lipinski definition) is 1. The number of rotatable bonds is 1. The predicted molar refractivity (Wildman–Crippen MR) is 68.8 cm³/mol. The molecule has 0 saturated heterocycles. The Kier molecular flexibility index (Phi) is 2.38. The minimum atomic E-state index is 0.698. The predicted octanol–water partition coefficient (Wildman–Crippen LogP) is 2.45. The van der Waals surface area contributed by atoms with E-state index in [2.05, 4.69) is 11.1 Å². The summed E-state index contributed by atoms with van der Waals surface area (Å²) in [6.07, 6.45) is 0. The SMILES string of the molecule is NN1Cc2ccccc2N=C1c1ccccc1. The lowest BCUT2D eigenvalue weighted by Crippen LogP contribution is -2.39. The van der Waals surface area contributed by atoms with Crippen LogP contribution in [0.2, 0.25) is 0 Å². The van der Waals surface area contributed by atoms with Gasteiger partial charge < -0.3 is 0 Å². The van der Waals surface area contributed by atoms with E-state index >= 15 is 0 Å². The molecule has 1 aliphatic heterocycles. The summed E-state index contributed by atoms with van der Waals surface area (Å²) in [5.41, 5.74) is 3.22. The lowest BCUT2D eigenvalue weighted by molar-refractivity contribution is 0.429. The van der Waals surface area contributed by atoms with Crippen molar-refractivity contribution >= 4 is 11.5 Å². The number of nitrogens with zero attached hydrogens (tertiary/aromatic N) is 2. The first-order valence-electron chi connectivity index (χ1n) is 5.59. The Morgan fingerprint density at radius 1 is 0.941 bits per heavy atom. The number of amidine groups is 1. The Hall–Kier alpha value is -2.13. The number of benzene rings is 2. The number of nitrogens with two attached hydrogens (primary N) is 1. The van der Waals surface area contributed by atoms with E-state index in [1.165, 1.54) is 0 Å². The molecule has 1 heterocycles. The van der Waals surface area contributed by atoms with Crippen LogP contribution in [0.1, 0.15) is 11.1 Å². The average Bonchev–Trinajstić information content (AvgIpc) is 2.39. The Morgan fingerprint density at radius 3 is 2.47 bits per heavy atom. The quantitative estimate of drug-likeness (QED) is 0.754. The summed E-state index contributed by atoms with van der Waals surface area (Å²) in [5, 5.41) is 1.69. The molecular weight excluding hydrogens is 210 g/mol. The van der Waals surface area contributed by atoms with Crippen molar-refractivity contribution in [2.24, 2.45) is 10.8 Å². The number of para-hydroxylation sites is 1. The molecule has 0 atom stereocenters. The van der Waals surface area contributed by atoms with Gasteiger partial charge in [-0.3, -0.25) is 5.01 Å². The average molecular weight is 223 g/mol. The van der Waals surface area contributed by atoms with E-state index in [9.17, 15) is 0 Å². The maximum absolute atomic E-state index is 6.03. The molecule has 0 spiro atoms. The van der Waals surface area contributed by atoms with Gasteiger partial charge in [0.1, 0.15) is 0 Å². The summed E-state index contributed by atoms with van der Waals surface area (Å²) < 4.78 is 0. The highest BCUT2D eigenvalue weighted by molar-refractivity contribution is 6.01. The lowest BCUT2D eigenvalue weighted by Gasteiger charge is -2.26. The van der Waals surface area contributed by atoms with Gasteiger partial charge in [-0.25, -0.2) is 10.8 Å². The van der Waals surface area contributed by atoms with E-state index in [1.54, 1.807) is 5.01 Å². The van der Waals surface area contributed by atoms with E-state index in [4.69, 9.17) is 5.84 Å². The molecule has 0 radical (unpaired) electrons. The van der Waals surface area contributed by atoms with Crippen molar-refractivity contribution in [3.63, 3.8) is 0 Å². The molecular formula is C14H13N3. The second-order valence-corrected chi connectivity index (χ2v) is 4.06. The van der Waals surface area contributed by atoms with Crippen molar-refractivity contribution < 1.29 is 0 Å². The zero-order chi connectivity index (χ0) is 11.7. The topological polar surface area (TPSA) is 41.6 Å². The molecule has 2 N–H and O–H groups in total. The van der Waals surface area contributed by atoms with Crippen LogP contribution < -0.4 is 5.84 Å². The maximum atomic E-state index is 6.03. The Morgan fingerprint density at radius 2 is 1.65 bits per heavy atom. The monoisotopic (exact) mass is 223 g/mol. The second kappa shape index (κ2) is 4.03. The minimum Gasteiger partial charge on any atom is -0.290 e. The molecule has 0 fully saturated rings. The summed E-state index contributed by atoms with van der Waals surface area (Å²) in [6, 6.07) is 18.1. The van der Waals surface area contributed by atoms with Crippen LogP contribution in [0.15, 0.2) is 59.6 Å². The van der Waals surface area contributed by atoms with Crippen LogP contribution in [0.3, 0.4) is 0 Å². The van der Waals surface area contributed by atoms with Gasteiger partial charge in [-0.1, -0.05) is 48.5 Å². The van der Waals surface area contributed by atoms with E-state index in [0.717, 1.165) is 22.6 Å². The van der Waals surface area contributed by atoms with Crippen LogP contribution in [0, 0.1) is 0 Å². The van der Waals surface area contributed by atoms with Gasteiger partial charge in [0, 0.05) is 5.56 Å². The van der Waals surface area contributed by atoms with E-state index in [0.29, 0.717) is 6.54 Å². The molecule has 3 heteroatoms.